The van der Waals surface area contributed by atoms with Gasteiger partial charge in [0.05, 0.1) is 5.02 Å². The third-order valence-electron chi connectivity index (χ3n) is 2.72. The van der Waals surface area contributed by atoms with Crippen molar-refractivity contribution in [2.75, 3.05) is 5.32 Å². The zero-order valence-corrected chi connectivity index (χ0v) is 11.9. The van der Waals surface area contributed by atoms with Crippen LogP contribution < -0.4 is 11.1 Å². The van der Waals surface area contributed by atoms with Crippen LogP contribution in [0.5, 0.6) is 0 Å². The average Bonchev–Trinajstić information content (AvgIpc) is 2.46. The summed E-state index contributed by atoms with van der Waals surface area (Å²) >= 11 is 5.97. The molecule has 0 fully saturated rings. The molecule has 6 heteroatoms. The van der Waals surface area contributed by atoms with E-state index in [2.05, 4.69) is 5.32 Å². The Morgan fingerprint density at radius 1 is 1.24 bits per heavy atom. The van der Waals surface area contributed by atoms with Gasteiger partial charge in [0.15, 0.2) is 0 Å². The Morgan fingerprint density at radius 3 is 2.57 bits per heavy atom. The second kappa shape index (κ2) is 6.76. The van der Waals surface area contributed by atoms with Gasteiger partial charge in [-0.05, 0) is 23.8 Å². The third kappa shape index (κ3) is 4.22. The number of carbonyl (C=O) groups excluding carboxylic acids is 1. The number of amides is 1. The highest BCUT2D eigenvalue weighted by Gasteiger charge is 2.08. The molecule has 108 valence electrons. The maximum absolute atomic E-state index is 11.7. The minimum absolute atomic E-state index is 0.127. The monoisotopic (exact) mass is 303 g/mol. The van der Waals surface area contributed by atoms with Crippen molar-refractivity contribution in [3.8, 4) is 0 Å². The second-order valence-corrected chi connectivity index (χ2v) is 4.70. The zero-order valence-electron chi connectivity index (χ0n) is 11.1. The van der Waals surface area contributed by atoms with E-state index in [1.165, 1.54) is 6.07 Å². The lowest BCUT2D eigenvalue weighted by Crippen LogP contribution is -2.15. The maximum Gasteiger partial charge on any atom is 0.411 e. The molecule has 0 aliphatic rings. The third-order valence-corrected chi connectivity index (χ3v) is 3.03. The minimum atomic E-state index is -0.578. The van der Waals surface area contributed by atoms with E-state index in [9.17, 15) is 4.79 Å². The SMILES string of the molecule is N=C(N)c1ccc(NC(=O)OCc2ccccc2)cc1Cl. The second-order valence-electron chi connectivity index (χ2n) is 4.30. The van der Waals surface area contributed by atoms with Gasteiger partial charge in [0.2, 0.25) is 0 Å². The first-order valence-corrected chi connectivity index (χ1v) is 6.55. The predicted molar refractivity (Wildman–Crippen MR) is 82.7 cm³/mol. The average molecular weight is 304 g/mol. The molecule has 1 amide bonds. The molecule has 5 nitrogen and oxygen atoms in total. The number of carbonyl (C=O) groups is 1. The van der Waals surface area contributed by atoms with Crippen LogP contribution in [0.15, 0.2) is 48.5 Å². The van der Waals surface area contributed by atoms with Crippen LogP contribution in [0.1, 0.15) is 11.1 Å². The lowest BCUT2D eigenvalue weighted by molar-refractivity contribution is 0.155. The van der Waals surface area contributed by atoms with Crippen molar-refractivity contribution in [3.05, 3.63) is 64.7 Å². The fourth-order valence-corrected chi connectivity index (χ4v) is 1.97. The highest BCUT2D eigenvalue weighted by Crippen LogP contribution is 2.20. The molecule has 0 radical (unpaired) electrons. The molecule has 0 heterocycles. The highest BCUT2D eigenvalue weighted by molar-refractivity contribution is 6.34. The quantitative estimate of drug-likeness (QED) is 0.597. The summed E-state index contributed by atoms with van der Waals surface area (Å²) in [6, 6.07) is 14.1. The summed E-state index contributed by atoms with van der Waals surface area (Å²) in [7, 11) is 0. The van der Waals surface area contributed by atoms with Gasteiger partial charge in [-0.2, -0.15) is 0 Å². The van der Waals surface area contributed by atoms with Gasteiger partial charge in [-0.15, -0.1) is 0 Å². The molecule has 0 aromatic heterocycles. The number of ether oxygens (including phenoxy) is 1. The molecule has 0 aliphatic heterocycles. The van der Waals surface area contributed by atoms with E-state index in [1.807, 2.05) is 30.3 Å². The van der Waals surface area contributed by atoms with Crippen LogP contribution in [0, 0.1) is 5.41 Å². The lowest BCUT2D eigenvalue weighted by atomic mass is 10.2. The van der Waals surface area contributed by atoms with Crippen molar-refractivity contribution >= 4 is 29.2 Å². The minimum Gasteiger partial charge on any atom is -0.444 e. The van der Waals surface area contributed by atoms with Gasteiger partial charge >= 0.3 is 6.09 Å². The van der Waals surface area contributed by atoms with Crippen LogP contribution in [0.3, 0.4) is 0 Å². The molecule has 0 unspecified atom stereocenters. The molecule has 0 bridgehead atoms. The number of halogens is 1. The Hall–Kier alpha value is -2.53. The standard InChI is InChI=1S/C15H14ClN3O2/c16-13-8-11(6-7-12(13)14(17)18)19-15(20)21-9-10-4-2-1-3-5-10/h1-8H,9H2,(H3,17,18)(H,19,20). The van der Waals surface area contributed by atoms with Gasteiger partial charge in [-0.25, -0.2) is 4.79 Å². The van der Waals surface area contributed by atoms with Crippen molar-refractivity contribution in [2.45, 2.75) is 6.61 Å². The predicted octanol–water partition coefficient (Wildman–Crippen LogP) is 3.37. The van der Waals surface area contributed by atoms with Gasteiger partial charge in [0.1, 0.15) is 12.4 Å². The number of amidine groups is 1. The fraction of sp³-hybridized carbons (Fsp3) is 0.0667. The first-order chi connectivity index (χ1) is 10.1. The van der Waals surface area contributed by atoms with E-state index in [-0.39, 0.29) is 12.4 Å². The molecule has 4 N–H and O–H groups in total. The van der Waals surface area contributed by atoms with Crippen molar-refractivity contribution in [3.63, 3.8) is 0 Å². The Labute approximate surface area is 127 Å². The molecule has 0 saturated carbocycles. The normalized spacial score (nSPS) is 9.95. The van der Waals surface area contributed by atoms with Gasteiger partial charge in [0.25, 0.3) is 0 Å². The van der Waals surface area contributed by atoms with E-state index in [0.717, 1.165) is 5.56 Å². The fourth-order valence-electron chi connectivity index (χ4n) is 1.69. The van der Waals surface area contributed by atoms with Crippen molar-refractivity contribution in [2.24, 2.45) is 5.73 Å². The maximum atomic E-state index is 11.7. The first-order valence-electron chi connectivity index (χ1n) is 6.18. The van der Waals surface area contributed by atoms with E-state index in [1.54, 1.807) is 12.1 Å². The molecule has 2 aromatic carbocycles. The topological polar surface area (TPSA) is 88.2 Å². The Bertz CT molecular complexity index is 659. The Kier molecular flexibility index (Phi) is 4.79. The van der Waals surface area contributed by atoms with Gasteiger partial charge in [-0.3, -0.25) is 10.7 Å². The van der Waals surface area contributed by atoms with Gasteiger partial charge in [0, 0.05) is 11.3 Å². The number of nitrogens with one attached hydrogen (secondary N) is 2. The number of hydrogen-bond donors (Lipinski definition) is 3. The summed E-state index contributed by atoms with van der Waals surface area (Å²) in [6.07, 6.45) is -0.578. The van der Waals surface area contributed by atoms with Crippen molar-refractivity contribution in [1.29, 1.82) is 5.41 Å². The van der Waals surface area contributed by atoms with Crippen LogP contribution in [0.25, 0.3) is 0 Å². The van der Waals surface area contributed by atoms with Gasteiger partial charge in [-0.1, -0.05) is 41.9 Å². The summed E-state index contributed by atoms with van der Waals surface area (Å²) < 4.78 is 5.09. The summed E-state index contributed by atoms with van der Waals surface area (Å²) in [5.41, 5.74) is 7.16. The highest BCUT2D eigenvalue weighted by atomic mass is 35.5. The molecule has 0 aliphatic carbocycles. The summed E-state index contributed by atoms with van der Waals surface area (Å²) in [6.45, 7) is 0.186. The molecule has 2 rings (SSSR count). The van der Waals surface area contributed by atoms with Crippen molar-refractivity contribution < 1.29 is 9.53 Å². The summed E-state index contributed by atoms with van der Waals surface area (Å²) in [5.74, 6) is -0.127. The number of benzene rings is 2. The van der Waals surface area contributed by atoms with Crippen LogP contribution in [0.4, 0.5) is 10.5 Å². The number of hydrogen-bond acceptors (Lipinski definition) is 3. The number of nitrogens with two attached hydrogens (primary N) is 1. The number of rotatable bonds is 4. The molecule has 21 heavy (non-hydrogen) atoms. The molecule has 0 atom stereocenters. The molecular formula is C15H14ClN3O2. The molecule has 2 aromatic rings. The summed E-state index contributed by atoms with van der Waals surface area (Å²) in [4.78, 5) is 11.7. The smallest absolute Gasteiger partial charge is 0.411 e. The van der Waals surface area contributed by atoms with Crippen LogP contribution in [-0.4, -0.2) is 11.9 Å². The lowest BCUT2D eigenvalue weighted by Gasteiger charge is -2.09. The molecule has 0 saturated heterocycles. The van der Waals surface area contributed by atoms with Crippen molar-refractivity contribution in [1.82, 2.24) is 0 Å². The largest absolute Gasteiger partial charge is 0.444 e. The number of anilines is 1. The number of nitrogen functional groups attached to an aromatic ring is 1. The summed E-state index contributed by atoms with van der Waals surface area (Å²) in [5, 5.41) is 10.2. The first kappa shape index (κ1) is 14.9. The van der Waals surface area contributed by atoms with E-state index in [0.29, 0.717) is 16.3 Å². The van der Waals surface area contributed by atoms with Gasteiger partial charge < -0.3 is 10.5 Å². The molecular weight excluding hydrogens is 290 g/mol. The van der Waals surface area contributed by atoms with Crippen LogP contribution in [0.2, 0.25) is 5.02 Å². The molecule has 0 spiro atoms. The Balaban J connectivity index is 1.94. The van der Waals surface area contributed by atoms with E-state index >= 15 is 0 Å². The van der Waals surface area contributed by atoms with Crippen LogP contribution in [-0.2, 0) is 11.3 Å². The Morgan fingerprint density at radius 2 is 1.95 bits per heavy atom. The van der Waals surface area contributed by atoms with E-state index < -0.39 is 6.09 Å². The van der Waals surface area contributed by atoms with E-state index in [4.69, 9.17) is 27.5 Å². The van der Waals surface area contributed by atoms with Crippen LogP contribution >= 0.6 is 11.6 Å². The zero-order chi connectivity index (χ0) is 15.2.